The normalized spacial score (nSPS) is 15.4. The number of nitriles is 1. The molecule has 12 nitrogen and oxygen atoms in total. The molecule has 322 valence electrons. The molecule has 3 heterocycles. The number of ether oxygens (including phenoxy) is 3. The summed E-state index contributed by atoms with van der Waals surface area (Å²) >= 11 is 6.75. The molecule has 4 aromatic carbocycles. The topological polar surface area (TPSA) is 166 Å². The van der Waals surface area contributed by atoms with Crippen LogP contribution < -0.4 is 24.8 Å². The molecule has 0 saturated carbocycles. The molecule has 1 unspecified atom stereocenters. The van der Waals surface area contributed by atoms with Crippen LogP contribution in [0.15, 0.2) is 91.3 Å². The molecule has 1 spiro atoms. The van der Waals surface area contributed by atoms with Crippen molar-refractivity contribution in [1.82, 2.24) is 20.5 Å². The summed E-state index contributed by atoms with van der Waals surface area (Å²) in [6.07, 6.45) is 6.96. The van der Waals surface area contributed by atoms with E-state index < -0.39 is 18.6 Å². The van der Waals surface area contributed by atoms with Crippen molar-refractivity contribution >= 4 is 23.5 Å². The van der Waals surface area contributed by atoms with Gasteiger partial charge in [-0.3, -0.25) is 24.8 Å². The Balaban J connectivity index is 1.01. The van der Waals surface area contributed by atoms with E-state index in [0.29, 0.717) is 39.8 Å². The summed E-state index contributed by atoms with van der Waals surface area (Å²) < 4.78 is 18.7. The second kappa shape index (κ2) is 20.3. The number of likely N-dealkylation sites (tertiary alicyclic amines) is 1. The Morgan fingerprint density at radius 1 is 0.919 bits per heavy atom. The van der Waals surface area contributed by atoms with E-state index in [4.69, 9.17) is 25.8 Å². The van der Waals surface area contributed by atoms with Crippen molar-refractivity contribution in [3.63, 3.8) is 0 Å². The molecule has 2 aliphatic rings. The van der Waals surface area contributed by atoms with Crippen LogP contribution in [0.3, 0.4) is 0 Å². The predicted molar refractivity (Wildman–Crippen MR) is 237 cm³/mol. The van der Waals surface area contributed by atoms with E-state index in [-0.39, 0.29) is 31.1 Å². The number of aliphatic hydroxyl groups excluding tert-OH is 1. The van der Waals surface area contributed by atoms with Gasteiger partial charge in [-0.15, -0.1) is 0 Å². The lowest BCUT2D eigenvalue weighted by atomic mass is 9.72. The second-order valence-electron chi connectivity index (χ2n) is 16.0. The molecule has 0 aliphatic carbocycles. The molecule has 13 heteroatoms. The molecular formula is C49H52ClN5O7. The highest BCUT2D eigenvalue weighted by Gasteiger charge is 2.42. The summed E-state index contributed by atoms with van der Waals surface area (Å²) in [6, 6.07) is 26.6. The molecule has 5 aromatic rings. The fourth-order valence-electron chi connectivity index (χ4n) is 8.37. The van der Waals surface area contributed by atoms with Crippen LogP contribution in [0, 0.1) is 30.6 Å². The molecule has 7 rings (SSSR count). The number of nitrogens with zero attached hydrogens (tertiary/aromatic N) is 3. The third-order valence-electron chi connectivity index (χ3n) is 12.2. The molecule has 62 heavy (non-hydrogen) atoms. The van der Waals surface area contributed by atoms with Crippen LogP contribution in [0.2, 0.25) is 5.02 Å². The minimum absolute atomic E-state index is 0.0458. The van der Waals surface area contributed by atoms with Gasteiger partial charge in [0, 0.05) is 49.2 Å². The maximum Gasteiger partial charge on any atom is 0.323 e. The van der Waals surface area contributed by atoms with Gasteiger partial charge in [-0.25, -0.2) is 0 Å². The third-order valence-corrected chi connectivity index (χ3v) is 12.5. The summed E-state index contributed by atoms with van der Waals surface area (Å²) in [5, 5.41) is 34.5. The lowest BCUT2D eigenvalue weighted by Crippen LogP contribution is -2.52. The molecule has 2 saturated heterocycles. The standard InChI is InChI=1S/C49H52ClN5O7/c1-32-37(31-62-46-24-45(61-30-35-22-34(25-51)26-52-27-35)38(23-43(46)50)28-54-44(29-56)47(57)58)6-3-8-41(32)42-9-4-7-40(33(42)2)36-10-12-39(13-11-36)60-21-20-55-18-15-49(16-19-55)14-5-17-53-48(49)59/h3-4,6-13,22-24,26-27,44,54,56H,5,14-21,28-31H2,1-2H3,(H,53,59)(H,57,58). The van der Waals surface area contributed by atoms with Gasteiger partial charge in [0.2, 0.25) is 5.91 Å². The van der Waals surface area contributed by atoms with Gasteiger partial charge in [0.05, 0.1) is 22.6 Å². The molecule has 2 aliphatic heterocycles. The van der Waals surface area contributed by atoms with Crippen LogP contribution in [-0.4, -0.2) is 77.4 Å². The Kier molecular flexibility index (Phi) is 14.4. The number of aromatic nitrogens is 1. The molecular weight excluding hydrogens is 806 g/mol. The Hall–Kier alpha value is -5.97. The van der Waals surface area contributed by atoms with E-state index in [1.165, 1.54) is 6.20 Å². The molecule has 0 bridgehead atoms. The second-order valence-corrected chi connectivity index (χ2v) is 16.4. The van der Waals surface area contributed by atoms with Gasteiger partial charge in [0.1, 0.15) is 49.2 Å². The highest BCUT2D eigenvalue weighted by Crippen LogP contribution is 2.39. The smallest absolute Gasteiger partial charge is 0.323 e. The number of aliphatic hydroxyl groups is 1. The first-order valence-corrected chi connectivity index (χ1v) is 21.4. The summed E-state index contributed by atoms with van der Waals surface area (Å²) in [7, 11) is 0. The fraction of sp³-hybridized carbons (Fsp3) is 0.347. The first-order valence-electron chi connectivity index (χ1n) is 21.0. The van der Waals surface area contributed by atoms with Gasteiger partial charge in [-0.1, -0.05) is 60.1 Å². The van der Waals surface area contributed by atoms with Crippen LogP contribution in [0.25, 0.3) is 22.3 Å². The number of nitrogens with one attached hydrogen (secondary N) is 2. The largest absolute Gasteiger partial charge is 0.492 e. The minimum atomic E-state index is -1.19. The van der Waals surface area contributed by atoms with Gasteiger partial charge < -0.3 is 29.7 Å². The van der Waals surface area contributed by atoms with Gasteiger partial charge in [-0.2, -0.15) is 5.26 Å². The summed E-state index contributed by atoms with van der Waals surface area (Å²) in [5.41, 5.74) is 9.03. The molecule has 1 atom stereocenters. The maximum atomic E-state index is 12.6. The van der Waals surface area contributed by atoms with E-state index in [0.717, 1.165) is 96.6 Å². The zero-order valence-electron chi connectivity index (χ0n) is 35.1. The van der Waals surface area contributed by atoms with Crippen molar-refractivity contribution in [1.29, 1.82) is 5.26 Å². The van der Waals surface area contributed by atoms with Gasteiger partial charge in [-0.05, 0) is 116 Å². The molecule has 0 radical (unpaired) electrons. The number of hydrogen-bond donors (Lipinski definition) is 4. The van der Waals surface area contributed by atoms with Gasteiger partial charge in [0.15, 0.2) is 0 Å². The van der Waals surface area contributed by atoms with Crippen molar-refractivity contribution in [3.05, 3.63) is 130 Å². The first kappa shape index (κ1) is 44.1. The van der Waals surface area contributed by atoms with Crippen LogP contribution in [0.4, 0.5) is 0 Å². The average molecular weight is 858 g/mol. The Morgan fingerprint density at radius 3 is 2.37 bits per heavy atom. The number of benzene rings is 4. The van der Waals surface area contributed by atoms with Crippen molar-refractivity contribution in [2.24, 2.45) is 5.41 Å². The zero-order chi connectivity index (χ0) is 43.6. The number of carboxylic acid groups (broad SMARTS) is 1. The molecule has 1 amide bonds. The molecule has 2 fully saturated rings. The monoisotopic (exact) mass is 857 g/mol. The Morgan fingerprint density at radius 2 is 1.65 bits per heavy atom. The van der Waals surface area contributed by atoms with Crippen LogP contribution in [0.1, 0.15) is 59.1 Å². The molecule has 4 N–H and O–H groups in total. The maximum absolute atomic E-state index is 12.6. The summed E-state index contributed by atoms with van der Waals surface area (Å²) in [6.45, 7) is 8.04. The summed E-state index contributed by atoms with van der Waals surface area (Å²) in [4.78, 5) is 30.6. The van der Waals surface area contributed by atoms with E-state index >= 15 is 0 Å². The van der Waals surface area contributed by atoms with Crippen molar-refractivity contribution in [3.8, 4) is 45.6 Å². The van der Waals surface area contributed by atoms with Crippen molar-refractivity contribution in [2.45, 2.75) is 65.3 Å². The number of pyridine rings is 1. The fourth-order valence-corrected chi connectivity index (χ4v) is 8.61. The highest BCUT2D eigenvalue weighted by atomic mass is 35.5. The Labute approximate surface area is 367 Å². The number of piperidine rings is 2. The Bertz CT molecular complexity index is 2430. The lowest BCUT2D eigenvalue weighted by molar-refractivity contribution is -0.140. The van der Waals surface area contributed by atoms with Crippen LogP contribution in [-0.2, 0) is 29.3 Å². The highest BCUT2D eigenvalue weighted by molar-refractivity contribution is 6.32. The number of carbonyl (C=O) groups is 2. The summed E-state index contributed by atoms with van der Waals surface area (Å²) in [5.74, 6) is 0.639. The number of carboxylic acids is 1. The number of amides is 1. The number of hydrogen-bond acceptors (Lipinski definition) is 10. The van der Waals surface area contributed by atoms with E-state index in [9.17, 15) is 25.1 Å². The van der Waals surface area contributed by atoms with E-state index in [2.05, 4.69) is 76.8 Å². The number of carbonyl (C=O) groups excluding carboxylic acids is 1. The average Bonchev–Trinajstić information content (AvgIpc) is 3.28. The van der Waals surface area contributed by atoms with Crippen molar-refractivity contribution < 1.29 is 34.0 Å². The quantitative estimate of drug-likeness (QED) is 0.0727. The number of rotatable bonds is 17. The third kappa shape index (κ3) is 10.4. The van der Waals surface area contributed by atoms with Crippen LogP contribution >= 0.6 is 11.6 Å². The SMILES string of the molecule is Cc1c(COc2cc(OCc3cncc(C#N)c3)c(CNC(CO)C(=O)O)cc2Cl)cccc1-c1cccc(-c2ccc(OCCN3CCC4(CCCNC4=O)CC3)cc2)c1C. The number of halogens is 1. The van der Waals surface area contributed by atoms with Crippen molar-refractivity contribution in [2.75, 3.05) is 39.4 Å². The van der Waals surface area contributed by atoms with Gasteiger partial charge >= 0.3 is 5.97 Å². The zero-order valence-corrected chi connectivity index (χ0v) is 35.8. The van der Waals surface area contributed by atoms with Gasteiger partial charge in [0.25, 0.3) is 0 Å². The minimum Gasteiger partial charge on any atom is -0.492 e. The van der Waals surface area contributed by atoms with E-state index in [1.807, 2.05) is 24.3 Å². The lowest BCUT2D eigenvalue weighted by Gasteiger charge is -2.42. The molecule has 1 aromatic heterocycles. The first-order chi connectivity index (χ1) is 30.1. The predicted octanol–water partition coefficient (Wildman–Crippen LogP) is 7.62. The number of aliphatic carboxylic acids is 1. The van der Waals surface area contributed by atoms with E-state index in [1.54, 1.807) is 24.4 Å². The van der Waals surface area contributed by atoms with Crippen LogP contribution in [0.5, 0.6) is 17.2 Å².